The number of rotatable bonds is 4. The third-order valence-electron chi connectivity index (χ3n) is 2.61. The highest BCUT2D eigenvalue weighted by Crippen LogP contribution is 2.22. The third kappa shape index (κ3) is 3.68. The van der Waals surface area contributed by atoms with Gasteiger partial charge in [0.25, 0.3) is 0 Å². The van der Waals surface area contributed by atoms with Crippen LogP contribution in [-0.4, -0.2) is 38.1 Å². The van der Waals surface area contributed by atoms with Gasteiger partial charge in [0.1, 0.15) is 5.38 Å². The normalized spacial score (nSPS) is 13.4. The van der Waals surface area contributed by atoms with Crippen molar-refractivity contribution in [2.75, 3.05) is 19.4 Å². The first-order chi connectivity index (χ1) is 8.66. The zero-order valence-corrected chi connectivity index (χ0v) is 12.8. The van der Waals surface area contributed by atoms with Crippen molar-refractivity contribution in [3.05, 3.63) is 23.8 Å². The smallest absolute Gasteiger partial charge is 0.242 e. The highest BCUT2D eigenvalue weighted by Gasteiger charge is 2.19. The zero-order chi connectivity index (χ0) is 14.8. The van der Waals surface area contributed by atoms with Gasteiger partial charge >= 0.3 is 0 Å². The molecule has 0 aliphatic carbocycles. The Labute approximate surface area is 118 Å². The second kappa shape index (κ2) is 5.90. The number of nitrogens with zero attached hydrogens (tertiary/aromatic N) is 1. The molecule has 7 heteroatoms. The maximum Gasteiger partial charge on any atom is 0.242 e. The number of hydrogen-bond acceptors (Lipinski definition) is 3. The summed E-state index contributed by atoms with van der Waals surface area (Å²) in [6, 6.07) is 4.58. The largest absolute Gasteiger partial charge is 0.325 e. The van der Waals surface area contributed by atoms with Crippen LogP contribution in [0.2, 0.25) is 0 Å². The van der Waals surface area contributed by atoms with Crippen LogP contribution in [0.25, 0.3) is 0 Å². The first kappa shape index (κ1) is 15.9. The van der Waals surface area contributed by atoms with E-state index in [-0.39, 0.29) is 10.8 Å². The summed E-state index contributed by atoms with van der Waals surface area (Å²) in [6.07, 6.45) is 0. The highest BCUT2D eigenvalue weighted by molar-refractivity contribution is 7.89. The van der Waals surface area contributed by atoms with Crippen molar-refractivity contribution < 1.29 is 13.2 Å². The van der Waals surface area contributed by atoms with E-state index in [2.05, 4.69) is 5.32 Å². The summed E-state index contributed by atoms with van der Waals surface area (Å²) in [5.41, 5.74) is 1.21. The Balaban J connectivity index is 3.19. The number of alkyl halides is 1. The lowest BCUT2D eigenvalue weighted by atomic mass is 10.2. The molecule has 1 atom stereocenters. The summed E-state index contributed by atoms with van der Waals surface area (Å²) < 4.78 is 25.1. The van der Waals surface area contributed by atoms with Crippen LogP contribution >= 0.6 is 11.6 Å². The van der Waals surface area contributed by atoms with Crippen LogP contribution in [-0.2, 0) is 14.8 Å². The first-order valence-electron chi connectivity index (χ1n) is 5.64. The van der Waals surface area contributed by atoms with Crippen molar-refractivity contribution in [3.63, 3.8) is 0 Å². The molecule has 0 aliphatic rings. The molecule has 0 spiro atoms. The number of sulfonamides is 1. The molecule has 0 fully saturated rings. The summed E-state index contributed by atoms with van der Waals surface area (Å²) in [5, 5.41) is 1.92. The molecule has 1 aromatic carbocycles. The molecule has 1 rings (SSSR count). The van der Waals surface area contributed by atoms with Gasteiger partial charge in [-0.3, -0.25) is 4.79 Å². The number of hydrogen-bond donors (Lipinski definition) is 1. The lowest BCUT2D eigenvalue weighted by Gasteiger charge is -2.14. The fourth-order valence-electron chi connectivity index (χ4n) is 1.34. The molecule has 0 saturated heterocycles. The number of anilines is 1. The number of amides is 1. The van der Waals surface area contributed by atoms with Gasteiger partial charge in [-0.05, 0) is 31.5 Å². The van der Waals surface area contributed by atoms with Crippen molar-refractivity contribution in [3.8, 4) is 0 Å². The minimum Gasteiger partial charge on any atom is -0.325 e. The van der Waals surface area contributed by atoms with E-state index in [9.17, 15) is 13.2 Å². The maximum atomic E-state index is 12.0. The third-order valence-corrected chi connectivity index (χ3v) is 4.62. The average Bonchev–Trinajstić information content (AvgIpc) is 2.31. The maximum absolute atomic E-state index is 12.0. The molecule has 0 unspecified atom stereocenters. The molecular weight excluding hydrogens is 288 g/mol. The minimum atomic E-state index is -3.52. The van der Waals surface area contributed by atoms with E-state index in [4.69, 9.17) is 11.6 Å². The van der Waals surface area contributed by atoms with E-state index in [0.717, 1.165) is 9.87 Å². The Morgan fingerprint density at radius 1 is 1.37 bits per heavy atom. The zero-order valence-electron chi connectivity index (χ0n) is 11.3. The number of benzene rings is 1. The molecule has 19 heavy (non-hydrogen) atoms. The van der Waals surface area contributed by atoms with Gasteiger partial charge in [-0.1, -0.05) is 6.07 Å². The predicted octanol–water partition coefficient (Wildman–Crippen LogP) is 1.81. The topological polar surface area (TPSA) is 66.5 Å². The summed E-state index contributed by atoms with van der Waals surface area (Å²) in [6.45, 7) is 3.33. The van der Waals surface area contributed by atoms with Gasteiger partial charge in [0.05, 0.1) is 4.90 Å². The van der Waals surface area contributed by atoms with Crippen LogP contribution in [0.3, 0.4) is 0 Å². The van der Waals surface area contributed by atoms with E-state index in [1.54, 1.807) is 19.9 Å². The number of nitrogens with one attached hydrogen (secondary N) is 1. The van der Waals surface area contributed by atoms with Crippen molar-refractivity contribution in [2.45, 2.75) is 24.1 Å². The summed E-state index contributed by atoms with van der Waals surface area (Å²) in [4.78, 5) is 11.7. The summed E-state index contributed by atoms with van der Waals surface area (Å²) in [7, 11) is -0.618. The van der Waals surface area contributed by atoms with Gasteiger partial charge in [-0.15, -0.1) is 11.6 Å². The quantitative estimate of drug-likeness (QED) is 0.863. The Kier molecular flexibility index (Phi) is 4.95. The van der Waals surface area contributed by atoms with Crippen LogP contribution < -0.4 is 5.32 Å². The molecule has 0 heterocycles. The molecule has 0 radical (unpaired) electrons. The van der Waals surface area contributed by atoms with Crippen LogP contribution in [0.5, 0.6) is 0 Å². The standard InChI is InChI=1S/C12H17ClN2O3S/c1-8-5-6-10(19(17,18)15(3)4)7-11(8)14-12(16)9(2)13/h5-7,9H,1-4H3,(H,14,16)/t9-/m1/s1. The number of halogens is 1. The van der Waals surface area contributed by atoms with Gasteiger partial charge in [-0.25, -0.2) is 12.7 Å². The van der Waals surface area contributed by atoms with Crippen LogP contribution in [0.1, 0.15) is 12.5 Å². The van der Waals surface area contributed by atoms with Crippen LogP contribution in [0.15, 0.2) is 23.1 Å². The lowest BCUT2D eigenvalue weighted by molar-refractivity contribution is -0.115. The van der Waals surface area contributed by atoms with Crippen LogP contribution in [0.4, 0.5) is 5.69 Å². The number of aryl methyl sites for hydroxylation is 1. The molecule has 0 aromatic heterocycles. The monoisotopic (exact) mass is 304 g/mol. The molecule has 5 nitrogen and oxygen atoms in total. The van der Waals surface area contributed by atoms with Gasteiger partial charge < -0.3 is 5.32 Å². The molecule has 0 saturated carbocycles. The second-order valence-electron chi connectivity index (χ2n) is 4.37. The fraction of sp³-hybridized carbons (Fsp3) is 0.417. The van der Waals surface area contributed by atoms with Gasteiger partial charge in [0.15, 0.2) is 0 Å². The Morgan fingerprint density at radius 2 is 1.95 bits per heavy atom. The Morgan fingerprint density at radius 3 is 2.42 bits per heavy atom. The van der Waals surface area contributed by atoms with Crippen molar-refractivity contribution in [1.82, 2.24) is 4.31 Å². The summed E-state index contributed by atoms with van der Waals surface area (Å²) in [5.74, 6) is -0.371. The van der Waals surface area contributed by atoms with Gasteiger partial charge in [0.2, 0.25) is 15.9 Å². The molecular formula is C12H17ClN2O3S. The van der Waals surface area contributed by atoms with Gasteiger partial charge in [-0.2, -0.15) is 0 Å². The van der Waals surface area contributed by atoms with Crippen molar-refractivity contribution in [2.24, 2.45) is 0 Å². The highest BCUT2D eigenvalue weighted by atomic mass is 35.5. The van der Waals surface area contributed by atoms with E-state index >= 15 is 0 Å². The van der Waals surface area contributed by atoms with E-state index in [1.165, 1.54) is 26.2 Å². The number of carbonyl (C=O) groups is 1. The Hall–Kier alpha value is -1.11. The fourth-order valence-corrected chi connectivity index (χ4v) is 2.32. The lowest BCUT2D eigenvalue weighted by Crippen LogP contribution is -2.23. The Bertz CT molecular complexity index is 583. The average molecular weight is 305 g/mol. The van der Waals surface area contributed by atoms with E-state index in [0.29, 0.717) is 5.69 Å². The molecule has 1 aromatic rings. The van der Waals surface area contributed by atoms with Gasteiger partial charge in [0, 0.05) is 19.8 Å². The van der Waals surface area contributed by atoms with E-state index in [1.807, 2.05) is 0 Å². The van der Waals surface area contributed by atoms with E-state index < -0.39 is 15.4 Å². The van der Waals surface area contributed by atoms with Crippen LogP contribution in [0, 0.1) is 6.92 Å². The predicted molar refractivity (Wildman–Crippen MR) is 76.0 cm³/mol. The van der Waals surface area contributed by atoms with Crippen molar-refractivity contribution >= 4 is 33.2 Å². The minimum absolute atomic E-state index is 0.126. The molecule has 1 N–H and O–H groups in total. The molecule has 1 amide bonds. The van der Waals surface area contributed by atoms with Crippen molar-refractivity contribution in [1.29, 1.82) is 0 Å². The molecule has 106 valence electrons. The number of carbonyl (C=O) groups excluding carboxylic acids is 1. The summed E-state index contributed by atoms with van der Waals surface area (Å²) >= 11 is 5.67. The molecule has 0 bridgehead atoms. The second-order valence-corrected chi connectivity index (χ2v) is 7.18. The SMILES string of the molecule is Cc1ccc(S(=O)(=O)N(C)C)cc1NC(=O)[C@@H](C)Cl. The molecule has 0 aliphatic heterocycles. The first-order valence-corrected chi connectivity index (χ1v) is 7.52.